The average molecular weight is 823 g/mol. The lowest BCUT2D eigenvalue weighted by molar-refractivity contribution is -0.203. The first kappa shape index (κ1) is 41.6. The number of anilines is 1. The van der Waals surface area contributed by atoms with Crippen LogP contribution in [0.1, 0.15) is 94.2 Å². The van der Waals surface area contributed by atoms with E-state index in [2.05, 4.69) is 101 Å². The summed E-state index contributed by atoms with van der Waals surface area (Å²) in [5.74, 6) is -0.871. The van der Waals surface area contributed by atoms with E-state index >= 15 is 0 Å². The number of aliphatic hydroxyl groups is 3. The molecule has 3 aromatic rings. The van der Waals surface area contributed by atoms with Crippen molar-refractivity contribution in [1.29, 1.82) is 0 Å². The summed E-state index contributed by atoms with van der Waals surface area (Å²) >= 11 is 0. The van der Waals surface area contributed by atoms with Crippen molar-refractivity contribution in [2.75, 3.05) is 57.8 Å². The summed E-state index contributed by atoms with van der Waals surface area (Å²) in [6.07, 6.45) is 7.59. The fraction of sp³-hybridized carbons (Fsp3) is 0.625. The smallest absolute Gasteiger partial charge is 0.322 e. The van der Waals surface area contributed by atoms with Crippen molar-refractivity contribution in [3.8, 4) is 0 Å². The number of hydrogen-bond acceptors (Lipinski definition) is 10. The van der Waals surface area contributed by atoms with E-state index in [-0.39, 0.29) is 25.1 Å². The van der Waals surface area contributed by atoms with Crippen LogP contribution in [0.25, 0.3) is 10.9 Å². The van der Waals surface area contributed by atoms with E-state index in [1.54, 1.807) is 6.92 Å². The normalized spacial score (nSPS) is 37.3. The molecule has 1 spiro atoms. The van der Waals surface area contributed by atoms with Crippen LogP contribution in [0.3, 0.4) is 0 Å². The highest BCUT2D eigenvalue weighted by Gasteiger charge is 2.78. The van der Waals surface area contributed by atoms with Crippen LogP contribution in [0.4, 0.5) is 5.69 Å². The van der Waals surface area contributed by atoms with E-state index < -0.39 is 57.5 Å². The summed E-state index contributed by atoms with van der Waals surface area (Å²) in [5, 5.41) is 42.2. The highest BCUT2D eigenvalue weighted by atomic mass is 16.5. The minimum Gasteiger partial charge on any atom is -0.464 e. The number of aliphatic hydroxyl groups excluding tert-OH is 1. The number of H-pyrrole nitrogens is 1. The number of ether oxygens (including phenoxy) is 1. The Morgan fingerprint density at radius 2 is 1.87 bits per heavy atom. The van der Waals surface area contributed by atoms with Gasteiger partial charge < -0.3 is 41.0 Å². The van der Waals surface area contributed by atoms with E-state index in [9.17, 15) is 24.9 Å². The van der Waals surface area contributed by atoms with Crippen molar-refractivity contribution in [3.05, 3.63) is 76.5 Å². The largest absolute Gasteiger partial charge is 0.464 e. The summed E-state index contributed by atoms with van der Waals surface area (Å²) in [6.45, 7) is 14.6. The van der Waals surface area contributed by atoms with Gasteiger partial charge in [0.1, 0.15) is 12.1 Å². The summed E-state index contributed by atoms with van der Waals surface area (Å²) in [7, 11) is 1.98. The zero-order valence-corrected chi connectivity index (χ0v) is 36.4. The number of nitrogens with one attached hydrogen (secondary N) is 2. The molecule has 6 aliphatic rings. The molecule has 2 saturated heterocycles. The first-order chi connectivity index (χ1) is 28.6. The van der Waals surface area contributed by atoms with Crippen LogP contribution in [0.5, 0.6) is 0 Å². The second kappa shape index (κ2) is 14.7. The number of aromatic amines is 1. The quantitative estimate of drug-likeness (QED) is 0.106. The number of carbonyl (C=O) groups is 2. The van der Waals surface area contributed by atoms with Crippen molar-refractivity contribution in [2.45, 2.75) is 126 Å². The standard InChI is InChI=1S/C48H66N6O6/c1-7-45(58)26-31-25-44(5,38-33(15-20-53(27-31)28-45)32-13-9-10-14-36(32)51-38)34-24-35-37(23-29(34)3)52(6)41-47(35)17-21-54-19-11-16-46(8-2,40(47)54)42(56)48(41,59)43(57)50-18-12-22-60-39(55)30(4)49/h9-11,13-14,16,23-24,30-31,40-42,51,56,58-59H,7-8,12,15,17-22,25-28,49H2,1-6H3,(H,50,57)/t30?,31?,40?,41?,42-,44-,45?,46-,47-,48+/m1/s1. The fourth-order valence-electron chi connectivity index (χ4n) is 13.7. The zero-order valence-electron chi connectivity index (χ0n) is 36.4. The van der Waals surface area contributed by atoms with Gasteiger partial charge in [-0.15, -0.1) is 0 Å². The Kier molecular flexibility index (Phi) is 10.2. The molecule has 9 rings (SSSR count). The van der Waals surface area contributed by atoms with E-state index in [1.807, 2.05) is 7.05 Å². The molecule has 2 aromatic carbocycles. The fourth-order valence-corrected chi connectivity index (χ4v) is 13.7. The van der Waals surface area contributed by atoms with Crippen LogP contribution in [-0.2, 0) is 31.6 Å². The van der Waals surface area contributed by atoms with E-state index in [0.717, 1.165) is 74.2 Å². The number of hydrogen-bond donors (Lipinski definition) is 6. The van der Waals surface area contributed by atoms with E-state index in [4.69, 9.17) is 10.5 Å². The molecule has 1 aliphatic carbocycles. The minimum absolute atomic E-state index is 0.0779. The molecule has 6 unspecified atom stereocenters. The maximum Gasteiger partial charge on any atom is 0.322 e. The molecule has 3 fully saturated rings. The molecule has 12 nitrogen and oxygen atoms in total. The Balaban J connectivity index is 1.19. The maximum absolute atomic E-state index is 14.8. The first-order valence-corrected chi connectivity index (χ1v) is 22.5. The number of amides is 1. The number of nitrogens with two attached hydrogens (primary N) is 1. The minimum atomic E-state index is -2.18. The number of fused-ring (bicyclic) bond motifs is 6. The van der Waals surface area contributed by atoms with Gasteiger partial charge in [-0.2, -0.15) is 0 Å². The topological polar surface area (TPSA) is 168 Å². The molecule has 7 N–H and O–H groups in total. The van der Waals surface area contributed by atoms with Crippen molar-refractivity contribution >= 4 is 28.5 Å². The monoisotopic (exact) mass is 823 g/mol. The molecule has 11 atom stereocenters. The van der Waals surface area contributed by atoms with Gasteiger partial charge in [-0.25, -0.2) is 0 Å². The Labute approximate surface area is 354 Å². The SMILES string of the molecule is CCC1(O)CC2CN(CCc3c([nH]c4ccccc34)[C@@](C)(c3cc4c(cc3C)N(C)C3[C@]45CCN4CC=C[C@](CC)(C45)[C@@H](O)[C@]3(O)C(=O)NCCCOC(=O)C(C)N)C2)C1. The zero-order chi connectivity index (χ0) is 42.6. The lowest BCUT2D eigenvalue weighted by Gasteiger charge is -2.63. The molecule has 324 valence electrons. The predicted octanol–water partition coefficient (Wildman–Crippen LogP) is 3.79. The molecule has 6 heterocycles. The Morgan fingerprint density at radius 3 is 2.62 bits per heavy atom. The number of aryl methyl sites for hydroxylation is 1. The number of piperidine rings is 1. The van der Waals surface area contributed by atoms with Gasteiger partial charge >= 0.3 is 5.97 Å². The Morgan fingerprint density at radius 1 is 1.08 bits per heavy atom. The van der Waals surface area contributed by atoms with Crippen molar-refractivity contribution in [2.24, 2.45) is 17.1 Å². The van der Waals surface area contributed by atoms with Gasteiger partial charge in [0.15, 0.2) is 5.60 Å². The number of esters is 1. The highest BCUT2D eigenvalue weighted by molar-refractivity contribution is 5.91. The molecule has 1 aromatic heterocycles. The number of nitrogens with zero attached hydrogens (tertiary/aromatic N) is 3. The second-order valence-corrected chi connectivity index (χ2v) is 19.7. The lowest BCUT2D eigenvalue weighted by Crippen LogP contribution is -2.81. The van der Waals surface area contributed by atoms with Gasteiger partial charge in [-0.05, 0) is 113 Å². The van der Waals surface area contributed by atoms with Gasteiger partial charge in [0.25, 0.3) is 5.91 Å². The highest BCUT2D eigenvalue weighted by Crippen LogP contribution is 2.67. The molecule has 5 aliphatic heterocycles. The third kappa shape index (κ3) is 5.84. The summed E-state index contributed by atoms with van der Waals surface area (Å²) in [4.78, 5) is 37.8. The number of carbonyl (C=O) groups excluding carboxylic acids is 2. The maximum atomic E-state index is 14.8. The van der Waals surface area contributed by atoms with Crippen LogP contribution in [-0.4, -0.2) is 130 Å². The van der Waals surface area contributed by atoms with E-state index in [1.165, 1.54) is 22.2 Å². The molecule has 1 amide bonds. The van der Waals surface area contributed by atoms with Gasteiger partial charge in [-0.1, -0.05) is 50.3 Å². The second-order valence-electron chi connectivity index (χ2n) is 19.7. The third-order valence-corrected chi connectivity index (χ3v) is 16.3. The first-order valence-electron chi connectivity index (χ1n) is 22.5. The van der Waals surface area contributed by atoms with Crippen LogP contribution in [0.2, 0.25) is 0 Å². The van der Waals surface area contributed by atoms with Crippen LogP contribution >= 0.6 is 0 Å². The molecule has 2 bridgehead atoms. The number of rotatable bonds is 9. The number of para-hydroxylation sites is 1. The van der Waals surface area contributed by atoms with E-state index in [0.29, 0.717) is 25.8 Å². The average Bonchev–Trinajstić information content (AvgIpc) is 3.89. The van der Waals surface area contributed by atoms with Crippen molar-refractivity contribution < 1.29 is 29.6 Å². The van der Waals surface area contributed by atoms with Gasteiger partial charge in [0.05, 0.1) is 18.2 Å². The third-order valence-electron chi connectivity index (χ3n) is 16.3. The lowest BCUT2D eigenvalue weighted by atomic mass is 9.47. The van der Waals surface area contributed by atoms with Gasteiger partial charge in [0.2, 0.25) is 0 Å². The van der Waals surface area contributed by atoms with Crippen LogP contribution < -0.4 is 16.0 Å². The van der Waals surface area contributed by atoms with Crippen molar-refractivity contribution in [3.63, 3.8) is 0 Å². The number of likely N-dealkylation sites (N-methyl/N-ethyl adjacent to an activating group) is 1. The summed E-state index contributed by atoms with van der Waals surface area (Å²) in [6, 6.07) is 11.7. The summed E-state index contributed by atoms with van der Waals surface area (Å²) < 4.78 is 5.26. The summed E-state index contributed by atoms with van der Waals surface area (Å²) in [5.41, 5.74) is 8.86. The number of benzene rings is 2. The molecule has 60 heavy (non-hydrogen) atoms. The molecule has 12 heteroatoms. The van der Waals surface area contributed by atoms with Gasteiger partial charge in [0, 0.05) is 84.3 Å². The Hall–Kier alpha value is -3.78. The van der Waals surface area contributed by atoms with Crippen LogP contribution in [0, 0.1) is 18.3 Å². The van der Waals surface area contributed by atoms with Crippen LogP contribution in [0.15, 0.2) is 48.6 Å². The molecular weight excluding hydrogens is 757 g/mol. The predicted molar refractivity (Wildman–Crippen MR) is 233 cm³/mol. The molecule has 1 saturated carbocycles. The molecule has 0 radical (unpaired) electrons. The number of aromatic nitrogens is 1. The van der Waals surface area contributed by atoms with Gasteiger partial charge in [-0.3, -0.25) is 19.4 Å². The Bertz CT molecular complexity index is 2220. The van der Waals surface area contributed by atoms with Crippen molar-refractivity contribution in [1.82, 2.24) is 20.1 Å². The molecular formula is C48H66N6O6.